The van der Waals surface area contributed by atoms with Crippen molar-refractivity contribution in [2.75, 3.05) is 20.3 Å². The van der Waals surface area contributed by atoms with Crippen molar-refractivity contribution in [1.29, 1.82) is 0 Å². The van der Waals surface area contributed by atoms with Crippen LogP contribution in [0.4, 0.5) is 0 Å². The van der Waals surface area contributed by atoms with E-state index in [9.17, 15) is 0 Å². The van der Waals surface area contributed by atoms with Gasteiger partial charge in [-0.3, -0.25) is 0 Å². The molecule has 3 heteroatoms. The number of ether oxygens (including phenoxy) is 3. The zero-order chi connectivity index (χ0) is 12.1. The third-order valence-electron chi connectivity index (χ3n) is 2.89. The molecule has 1 aromatic rings. The third-order valence-corrected chi connectivity index (χ3v) is 2.89. The standard InChI is InChI=1S/C14H18O3/c1-3-11-4-5-13(14(10-11)15-2)17-12-6-8-16-9-7-12/h3-5,10,12H,1,6-9H2,2H3. The van der Waals surface area contributed by atoms with E-state index in [0.29, 0.717) is 0 Å². The predicted octanol–water partition coefficient (Wildman–Crippen LogP) is 2.90. The average Bonchev–Trinajstić information content (AvgIpc) is 2.40. The fourth-order valence-electron chi connectivity index (χ4n) is 1.88. The summed E-state index contributed by atoms with van der Waals surface area (Å²) in [5, 5.41) is 0. The summed E-state index contributed by atoms with van der Waals surface area (Å²) in [6, 6.07) is 5.84. The highest BCUT2D eigenvalue weighted by Crippen LogP contribution is 2.30. The first-order chi connectivity index (χ1) is 8.33. The summed E-state index contributed by atoms with van der Waals surface area (Å²) >= 11 is 0. The van der Waals surface area contributed by atoms with Crippen LogP contribution in [0.5, 0.6) is 11.5 Å². The Morgan fingerprint density at radius 2 is 2.06 bits per heavy atom. The Bertz CT molecular complexity index is 381. The third kappa shape index (κ3) is 3.01. The largest absolute Gasteiger partial charge is 0.493 e. The molecule has 1 aromatic carbocycles. The fraction of sp³-hybridized carbons (Fsp3) is 0.429. The Morgan fingerprint density at radius 1 is 1.29 bits per heavy atom. The summed E-state index contributed by atoms with van der Waals surface area (Å²) < 4.78 is 16.6. The number of hydrogen-bond acceptors (Lipinski definition) is 3. The van der Waals surface area contributed by atoms with Gasteiger partial charge in [-0.15, -0.1) is 0 Å². The Morgan fingerprint density at radius 3 is 2.71 bits per heavy atom. The molecule has 1 saturated heterocycles. The number of hydrogen-bond donors (Lipinski definition) is 0. The SMILES string of the molecule is C=Cc1ccc(OC2CCOCC2)c(OC)c1. The lowest BCUT2D eigenvalue weighted by atomic mass is 10.1. The van der Waals surface area contributed by atoms with E-state index in [0.717, 1.165) is 43.1 Å². The van der Waals surface area contributed by atoms with Gasteiger partial charge in [0.25, 0.3) is 0 Å². The van der Waals surface area contributed by atoms with E-state index < -0.39 is 0 Å². The highest BCUT2D eigenvalue weighted by molar-refractivity contribution is 5.54. The van der Waals surface area contributed by atoms with Crippen LogP contribution in [0.1, 0.15) is 18.4 Å². The molecule has 0 bridgehead atoms. The molecule has 0 aliphatic carbocycles. The van der Waals surface area contributed by atoms with Gasteiger partial charge in [0.1, 0.15) is 6.10 Å². The Kier molecular flexibility index (Phi) is 4.04. The van der Waals surface area contributed by atoms with Crippen molar-refractivity contribution in [3.8, 4) is 11.5 Å². The highest BCUT2D eigenvalue weighted by Gasteiger charge is 2.17. The number of rotatable bonds is 4. The van der Waals surface area contributed by atoms with E-state index in [2.05, 4.69) is 6.58 Å². The maximum Gasteiger partial charge on any atom is 0.161 e. The molecule has 2 rings (SSSR count). The lowest BCUT2D eigenvalue weighted by Gasteiger charge is -2.24. The Balaban J connectivity index is 2.10. The van der Waals surface area contributed by atoms with Gasteiger partial charge in [-0.25, -0.2) is 0 Å². The molecule has 0 radical (unpaired) electrons. The molecular formula is C14H18O3. The van der Waals surface area contributed by atoms with Gasteiger partial charge in [0.2, 0.25) is 0 Å². The van der Waals surface area contributed by atoms with Crippen LogP contribution in [0.2, 0.25) is 0 Å². The van der Waals surface area contributed by atoms with Crippen molar-refractivity contribution in [2.45, 2.75) is 18.9 Å². The molecule has 0 atom stereocenters. The van der Waals surface area contributed by atoms with Crippen LogP contribution in [-0.4, -0.2) is 26.4 Å². The molecule has 0 saturated carbocycles. The van der Waals surface area contributed by atoms with Crippen LogP contribution in [0.3, 0.4) is 0 Å². The van der Waals surface area contributed by atoms with Crippen molar-refractivity contribution < 1.29 is 14.2 Å². The van der Waals surface area contributed by atoms with Crippen molar-refractivity contribution in [3.05, 3.63) is 30.3 Å². The van der Waals surface area contributed by atoms with E-state index in [-0.39, 0.29) is 6.10 Å². The second-order valence-corrected chi connectivity index (χ2v) is 4.04. The van der Waals surface area contributed by atoms with Gasteiger partial charge in [0.05, 0.1) is 20.3 Å². The topological polar surface area (TPSA) is 27.7 Å². The zero-order valence-electron chi connectivity index (χ0n) is 10.1. The molecule has 17 heavy (non-hydrogen) atoms. The van der Waals surface area contributed by atoms with Crippen LogP contribution >= 0.6 is 0 Å². The van der Waals surface area contributed by atoms with Gasteiger partial charge in [0.15, 0.2) is 11.5 Å². The molecule has 0 aromatic heterocycles. The van der Waals surface area contributed by atoms with E-state index >= 15 is 0 Å². The van der Waals surface area contributed by atoms with Crippen molar-refractivity contribution in [2.24, 2.45) is 0 Å². The molecule has 1 aliphatic rings. The van der Waals surface area contributed by atoms with Crippen LogP contribution in [0.15, 0.2) is 24.8 Å². The van der Waals surface area contributed by atoms with Crippen LogP contribution in [0.25, 0.3) is 6.08 Å². The summed E-state index contributed by atoms with van der Waals surface area (Å²) in [6.07, 6.45) is 3.90. The monoisotopic (exact) mass is 234 g/mol. The van der Waals surface area contributed by atoms with E-state index in [1.807, 2.05) is 18.2 Å². The lowest BCUT2D eigenvalue weighted by molar-refractivity contribution is 0.0245. The van der Waals surface area contributed by atoms with Gasteiger partial charge >= 0.3 is 0 Å². The molecule has 1 heterocycles. The molecule has 1 aliphatic heterocycles. The normalized spacial score (nSPS) is 16.5. The maximum atomic E-state index is 5.94. The minimum Gasteiger partial charge on any atom is -0.493 e. The quantitative estimate of drug-likeness (QED) is 0.801. The average molecular weight is 234 g/mol. The van der Waals surface area contributed by atoms with Crippen LogP contribution in [0, 0.1) is 0 Å². The van der Waals surface area contributed by atoms with Crippen LogP contribution in [-0.2, 0) is 4.74 Å². The summed E-state index contributed by atoms with van der Waals surface area (Å²) in [6.45, 7) is 5.29. The molecule has 0 amide bonds. The Labute approximate surface area is 102 Å². The molecule has 0 N–H and O–H groups in total. The second kappa shape index (κ2) is 5.73. The first-order valence-electron chi connectivity index (χ1n) is 5.88. The molecule has 0 spiro atoms. The lowest BCUT2D eigenvalue weighted by Crippen LogP contribution is -2.26. The predicted molar refractivity (Wildman–Crippen MR) is 67.6 cm³/mol. The molecule has 92 valence electrons. The minimum absolute atomic E-state index is 0.229. The van der Waals surface area contributed by atoms with Gasteiger partial charge < -0.3 is 14.2 Å². The smallest absolute Gasteiger partial charge is 0.161 e. The molecule has 1 fully saturated rings. The molecule has 3 nitrogen and oxygen atoms in total. The van der Waals surface area contributed by atoms with Gasteiger partial charge in [-0.1, -0.05) is 18.7 Å². The summed E-state index contributed by atoms with van der Waals surface area (Å²) in [4.78, 5) is 0. The van der Waals surface area contributed by atoms with E-state index in [1.54, 1.807) is 13.2 Å². The van der Waals surface area contributed by atoms with Gasteiger partial charge in [-0.05, 0) is 17.7 Å². The first-order valence-corrected chi connectivity index (χ1v) is 5.88. The molecular weight excluding hydrogens is 216 g/mol. The number of benzene rings is 1. The first kappa shape index (κ1) is 12.0. The highest BCUT2D eigenvalue weighted by atomic mass is 16.5. The van der Waals surface area contributed by atoms with Gasteiger partial charge in [0, 0.05) is 12.8 Å². The summed E-state index contributed by atoms with van der Waals surface area (Å²) in [5.74, 6) is 1.55. The zero-order valence-corrected chi connectivity index (χ0v) is 10.1. The fourth-order valence-corrected chi connectivity index (χ4v) is 1.88. The summed E-state index contributed by atoms with van der Waals surface area (Å²) in [5.41, 5.74) is 1.03. The van der Waals surface area contributed by atoms with E-state index in [4.69, 9.17) is 14.2 Å². The van der Waals surface area contributed by atoms with Crippen LogP contribution < -0.4 is 9.47 Å². The second-order valence-electron chi connectivity index (χ2n) is 4.04. The van der Waals surface area contributed by atoms with E-state index in [1.165, 1.54) is 0 Å². The van der Waals surface area contributed by atoms with Gasteiger partial charge in [-0.2, -0.15) is 0 Å². The van der Waals surface area contributed by atoms with Crippen molar-refractivity contribution in [1.82, 2.24) is 0 Å². The summed E-state index contributed by atoms with van der Waals surface area (Å²) in [7, 11) is 1.65. The minimum atomic E-state index is 0.229. The van der Waals surface area contributed by atoms with Crippen molar-refractivity contribution >= 4 is 6.08 Å². The maximum absolute atomic E-state index is 5.94. The Hall–Kier alpha value is -1.48. The molecule has 0 unspecified atom stereocenters. The van der Waals surface area contributed by atoms with Crippen molar-refractivity contribution in [3.63, 3.8) is 0 Å². The number of methoxy groups -OCH3 is 1.